The fourth-order valence-corrected chi connectivity index (χ4v) is 4.88. The minimum absolute atomic E-state index is 0.188. The van der Waals surface area contributed by atoms with Crippen LogP contribution in [0, 0.1) is 0 Å². The predicted molar refractivity (Wildman–Crippen MR) is 129 cm³/mol. The van der Waals surface area contributed by atoms with Crippen LogP contribution < -0.4 is 0 Å². The van der Waals surface area contributed by atoms with Crippen molar-refractivity contribution in [3.63, 3.8) is 0 Å². The van der Waals surface area contributed by atoms with Crippen molar-refractivity contribution >= 4 is 23.2 Å². The number of hydrogen-bond acceptors (Lipinski definition) is 5. The Kier molecular flexibility index (Phi) is 6.69. The standard InChI is InChI=1S/C25H23Cl2N5O/c26-20-11-12-21(22(27)17-20)24(31-13-15-33-16-14-31)25-28-29-30-32(25)23(18-7-3-1-4-8-18)19-9-5-2-6-10-19/h1-12,17,23-24H,13-16H2. The van der Waals surface area contributed by atoms with E-state index in [4.69, 9.17) is 27.9 Å². The highest BCUT2D eigenvalue weighted by Gasteiger charge is 2.33. The fourth-order valence-electron chi connectivity index (χ4n) is 4.37. The van der Waals surface area contributed by atoms with E-state index in [9.17, 15) is 0 Å². The van der Waals surface area contributed by atoms with Gasteiger partial charge in [-0.15, -0.1) is 5.10 Å². The lowest BCUT2D eigenvalue weighted by molar-refractivity contribution is 0.0215. The molecule has 1 atom stereocenters. The van der Waals surface area contributed by atoms with Crippen molar-refractivity contribution in [2.75, 3.05) is 26.3 Å². The quantitative estimate of drug-likeness (QED) is 0.387. The van der Waals surface area contributed by atoms with Crippen molar-refractivity contribution in [2.24, 2.45) is 0 Å². The molecule has 168 valence electrons. The predicted octanol–water partition coefficient (Wildman–Crippen LogP) is 5.04. The Morgan fingerprint density at radius 2 is 1.42 bits per heavy atom. The van der Waals surface area contributed by atoms with Crippen LogP contribution in [0.3, 0.4) is 0 Å². The molecule has 0 spiro atoms. The Hall–Kier alpha value is -2.77. The van der Waals surface area contributed by atoms with Crippen LogP contribution in [-0.4, -0.2) is 51.4 Å². The first-order valence-electron chi connectivity index (χ1n) is 10.9. The maximum Gasteiger partial charge on any atom is 0.174 e. The van der Waals surface area contributed by atoms with Gasteiger partial charge in [-0.2, -0.15) is 0 Å². The van der Waals surface area contributed by atoms with E-state index in [1.54, 1.807) is 6.07 Å². The van der Waals surface area contributed by atoms with Gasteiger partial charge in [0.1, 0.15) is 6.04 Å². The summed E-state index contributed by atoms with van der Waals surface area (Å²) in [6, 6.07) is 25.7. The summed E-state index contributed by atoms with van der Waals surface area (Å²) >= 11 is 12.9. The Morgan fingerprint density at radius 3 is 2.03 bits per heavy atom. The van der Waals surface area contributed by atoms with Gasteiger partial charge in [0.15, 0.2) is 5.82 Å². The summed E-state index contributed by atoms with van der Waals surface area (Å²) in [6.45, 7) is 2.78. The number of halogens is 2. The van der Waals surface area contributed by atoms with Crippen molar-refractivity contribution in [3.05, 3.63) is 111 Å². The molecular weight excluding hydrogens is 457 g/mol. The van der Waals surface area contributed by atoms with Gasteiger partial charge in [0.05, 0.1) is 19.3 Å². The molecule has 6 nitrogen and oxygen atoms in total. The topological polar surface area (TPSA) is 56.1 Å². The third-order valence-corrected chi connectivity index (χ3v) is 6.47. The molecule has 2 heterocycles. The molecule has 1 aliphatic rings. The van der Waals surface area contributed by atoms with Gasteiger partial charge in [-0.25, -0.2) is 4.68 Å². The van der Waals surface area contributed by atoms with Crippen LogP contribution in [0.25, 0.3) is 0 Å². The Bertz CT molecular complexity index is 1160. The first kappa shape index (κ1) is 22.0. The molecule has 1 saturated heterocycles. The van der Waals surface area contributed by atoms with Crippen molar-refractivity contribution in [2.45, 2.75) is 12.1 Å². The molecular formula is C25H23Cl2N5O. The summed E-state index contributed by atoms with van der Waals surface area (Å²) in [5.41, 5.74) is 3.11. The van der Waals surface area contributed by atoms with Crippen LogP contribution in [0.5, 0.6) is 0 Å². The van der Waals surface area contributed by atoms with Gasteiger partial charge in [0.2, 0.25) is 0 Å². The van der Waals surface area contributed by atoms with E-state index in [-0.39, 0.29) is 12.1 Å². The molecule has 0 bridgehead atoms. The second kappa shape index (κ2) is 10.0. The lowest BCUT2D eigenvalue weighted by atomic mass is 9.97. The summed E-state index contributed by atoms with van der Waals surface area (Å²) in [5.74, 6) is 0.721. The van der Waals surface area contributed by atoms with Crippen LogP contribution in [0.15, 0.2) is 78.9 Å². The number of ether oxygens (including phenoxy) is 1. The molecule has 5 rings (SSSR count). The van der Waals surface area contributed by atoms with E-state index in [1.165, 1.54) is 0 Å². The Morgan fingerprint density at radius 1 is 0.788 bits per heavy atom. The molecule has 0 N–H and O–H groups in total. The van der Waals surface area contributed by atoms with Gasteiger partial charge in [0, 0.05) is 23.1 Å². The van der Waals surface area contributed by atoms with Gasteiger partial charge < -0.3 is 4.74 Å². The maximum atomic E-state index is 6.71. The highest BCUT2D eigenvalue weighted by molar-refractivity contribution is 6.35. The van der Waals surface area contributed by atoms with Crippen molar-refractivity contribution < 1.29 is 4.74 Å². The molecule has 0 saturated carbocycles. The zero-order valence-corrected chi connectivity index (χ0v) is 19.4. The van der Waals surface area contributed by atoms with Crippen molar-refractivity contribution in [1.29, 1.82) is 0 Å². The second-order valence-electron chi connectivity index (χ2n) is 7.92. The summed E-state index contributed by atoms with van der Waals surface area (Å²) in [4.78, 5) is 2.31. The van der Waals surface area contributed by atoms with Crippen LogP contribution in [0.4, 0.5) is 0 Å². The molecule has 1 aliphatic heterocycles. The molecule has 4 aromatic rings. The highest BCUT2D eigenvalue weighted by atomic mass is 35.5. The van der Waals surface area contributed by atoms with E-state index >= 15 is 0 Å². The number of rotatable bonds is 6. The molecule has 0 radical (unpaired) electrons. The molecule has 3 aromatic carbocycles. The number of hydrogen-bond donors (Lipinski definition) is 0. The lowest BCUT2D eigenvalue weighted by Crippen LogP contribution is -2.41. The Balaban J connectivity index is 1.67. The van der Waals surface area contributed by atoms with Crippen LogP contribution in [0.1, 0.15) is 34.6 Å². The average Bonchev–Trinajstić information content (AvgIpc) is 3.32. The second-order valence-corrected chi connectivity index (χ2v) is 8.77. The maximum absolute atomic E-state index is 6.71. The van der Waals surface area contributed by atoms with E-state index in [0.29, 0.717) is 23.3 Å². The van der Waals surface area contributed by atoms with E-state index in [0.717, 1.165) is 35.6 Å². The number of aromatic nitrogens is 4. The first-order valence-corrected chi connectivity index (χ1v) is 11.6. The number of nitrogens with zero attached hydrogens (tertiary/aromatic N) is 5. The molecule has 8 heteroatoms. The van der Waals surface area contributed by atoms with Gasteiger partial charge in [-0.3, -0.25) is 4.90 Å². The Labute approximate surface area is 202 Å². The van der Waals surface area contributed by atoms with Crippen LogP contribution >= 0.6 is 23.2 Å². The van der Waals surface area contributed by atoms with Crippen LogP contribution in [0.2, 0.25) is 10.0 Å². The molecule has 0 aliphatic carbocycles. The number of morpholine rings is 1. The number of tetrazole rings is 1. The van der Waals surface area contributed by atoms with Gasteiger partial charge >= 0.3 is 0 Å². The minimum atomic E-state index is -0.247. The minimum Gasteiger partial charge on any atom is -0.379 e. The SMILES string of the molecule is Clc1ccc(C(c2nnnn2C(c2ccccc2)c2ccccc2)N2CCOCC2)c(Cl)c1. The zero-order valence-electron chi connectivity index (χ0n) is 17.9. The normalized spacial score (nSPS) is 15.6. The molecule has 1 unspecified atom stereocenters. The third kappa shape index (κ3) is 4.66. The fraction of sp³-hybridized carbons (Fsp3) is 0.240. The van der Waals surface area contributed by atoms with E-state index in [2.05, 4.69) is 44.7 Å². The molecule has 33 heavy (non-hydrogen) atoms. The molecule has 1 aromatic heterocycles. The van der Waals surface area contributed by atoms with Gasteiger partial charge in [-0.05, 0) is 39.2 Å². The molecule has 1 fully saturated rings. The monoisotopic (exact) mass is 479 g/mol. The van der Waals surface area contributed by atoms with Crippen molar-refractivity contribution in [3.8, 4) is 0 Å². The largest absolute Gasteiger partial charge is 0.379 e. The lowest BCUT2D eigenvalue weighted by Gasteiger charge is -2.35. The van der Waals surface area contributed by atoms with Crippen LogP contribution in [-0.2, 0) is 4.74 Å². The molecule has 0 amide bonds. The highest BCUT2D eigenvalue weighted by Crippen LogP contribution is 2.36. The zero-order chi connectivity index (χ0) is 22.6. The van der Waals surface area contributed by atoms with E-state index < -0.39 is 0 Å². The summed E-state index contributed by atoms with van der Waals surface area (Å²) in [6.07, 6.45) is 0. The smallest absolute Gasteiger partial charge is 0.174 e. The van der Waals surface area contributed by atoms with Crippen molar-refractivity contribution in [1.82, 2.24) is 25.1 Å². The summed E-state index contributed by atoms with van der Waals surface area (Å²) in [7, 11) is 0. The third-order valence-electron chi connectivity index (χ3n) is 5.91. The summed E-state index contributed by atoms with van der Waals surface area (Å²) < 4.78 is 7.53. The first-order chi connectivity index (χ1) is 16.2. The van der Waals surface area contributed by atoms with Gasteiger partial charge in [-0.1, -0.05) is 89.9 Å². The van der Waals surface area contributed by atoms with Gasteiger partial charge in [0.25, 0.3) is 0 Å². The summed E-state index contributed by atoms with van der Waals surface area (Å²) in [5, 5.41) is 14.3. The van der Waals surface area contributed by atoms with E-state index in [1.807, 2.05) is 53.2 Å². The average molecular weight is 480 g/mol. The number of benzene rings is 3.